The predicted octanol–water partition coefficient (Wildman–Crippen LogP) is 11.9. The second-order valence-corrected chi connectivity index (χ2v) is 16.5. The lowest BCUT2D eigenvalue weighted by molar-refractivity contribution is -0.141. The molecular weight excluding hydrogens is 797 g/mol. The Morgan fingerprint density at radius 2 is 0.906 bits per heavy atom. The van der Waals surface area contributed by atoms with Crippen LogP contribution < -0.4 is 0 Å². The summed E-state index contributed by atoms with van der Waals surface area (Å²) in [5, 5.41) is 8.31. The first kappa shape index (κ1) is 43.4. The van der Waals surface area contributed by atoms with Crippen molar-refractivity contribution in [2.45, 2.75) is 80.3 Å². The third-order valence-electron chi connectivity index (χ3n) is 12.2. The smallest absolute Gasteiger partial charge is 0.331 e. The van der Waals surface area contributed by atoms with E-state index in [1.54, 1.807) is 6.92 Å². The number of carbonyl (C=O) groups excluding carboxylic acids is 4. The van der Waals surface area contributed by atoms with E-state index in [1.807, 2.05) is 105 Å². The van der Waals surface area contributed by atoms with E-state index in [2.05, 4.69) is 58.5 Å². The van der Waals surface area contributed by atoms with Crippen molar-refractivity contribution >= 4 is 78.4 Å². The van der Waals surface area contributed by atoms with Crippen molar-refractivity contribution in [1.29, 1.82) is 0 Å². The van der Waals surface area contributed by atoms with Gasteiger partial charge in [0.25, 0.3) is 0 Å². The predicted molar refractivity (Wildman–Crippen MR) is 258 cm³/mol. The molecule has 9 nitrogen and oxygen atoms in total. The van der Waals surface area contributed by atoms with Gasteiger partial charge in [-0.3, -0.25) is 19.4 Å². The fourth-order valence-corrected chi connectivity index (χ4v) is 8.97. The number of hydrogen-bond donors (Lipinski definition) is 0. The van der Waals surface area contributed by atoms with Crippen LogP contribution in [0.25, 0.3) is 43.6 Å². The lowest BCUT2D eigenvalue weighted by Gasteiger charge is -2.10. The molecule has 0 atom stereocenters. The van der Waals surface area contributed by atoms with Crippen molar-refractivity contribution in [2.75, 3.05) is 6.54 Å². The van der Waals surface area contributed by atoms with Crippen LogP contribution in [0.4, 0.5) is 0 Å². The number of aryl methyl sites for hydroxylation is 4. The molecule has 0 aliphatic heterocycles. The molecule has 0 saturated carbocycles. The number of oxime groups is 1. The number of carbonyl (C=O) groups is 4. The number of Topliss-reactive ketones (excluding diaryl/α,β-unsaturated/α-hetero) is 1. The van der Waals surface area contributed by atoms with Crippen molar-refractivity contribution in [1.82, 2.24) is 9.13 Å². The topological polar surface area (TPSA) is 112 Å². The summed E-state index contributed by atoms with van der Waals surface area (Å²) in [6.07, 6.45) is 2.54. The second-order valence-electron chi connectivity index (χ2n) is 16.5. The summed E-state index contributed by atoms with van der Waals surface area (Å²) in [4.78, 5) is 61.8. The molecule has 0 radical (unpaired) electrons. The minimum Gasteiger partial charge on any atom is -0.341 e. The van der Waals surface area contributed by atoms with Crippen molar-refractivity contribution in [2.24, 2.45) is 10.1 Å². The molecule has 8 aromatic rings. The molecule has 0 saturated heterocycles. The van der Waals surface area contributed by atoms with Gasteiger partial charge in [-0.15, -0.1) is 0 Å². The van der Waals surface area contributed by atoms with Crippen LogP contribution in [-0.2, 0) is 27.5 Å². The zero-order valence-electron chi connectivity index (χ0n) is 37.3. The Hall–Kier alpha value is -7.26. The minimum absolute atomic E-state index is 0.0129. The number of benzene rings is 6. The summed E-state index contributed by atoms with van der Waals surface area (Å²) in [6, 6.07) is 39.6. The third kappa shape index (κ3) is 8.58. The molecule has 9 heteroatoms. The second kappa shape index (κ2) is 18.6. The van der Waals surface area contributed by atoms with Crippen molar-refractivity contribution in [3.05, 3.63) is 166 Å². The molecular formula is C55H52N4O5. The lowest BCUT2D eigenvalue weighted by atomic mass is 9.96. The molecule has 0 fully saturated rings. The van der Waals surface area contributed by atoms with E-state index >= 15 is 0 Å². The van der Waals surface area contributed by atoms with Crippen LogP contribution in [0.2, 0.25) is 0 Å². The number of aliphatic imine (C=N–C) groups is 1. The van der Waals surface area contributed by atoms with Crippen LogP contribution in [0.3, 0.4) is 0 Å². The molecule has 0 bridgehead atoms. The summed E-state index contributed by atoms with van der Waals surface area (Å²) in [5.74, 6) is -0.571. The fourth-order valence-electron chi connectivity index (χ4n) is 8.97. The molecule has 0 unspecified atom stereocenters. The summed E-state index contributed by atoms with van der Waals surface area (Å²) in [6.45, 7) is 12.6. The summed E-state index contributed by atoms with van der Waals surface area (Å²) < 4.78 is 4.50. The van der Waals surface area contributed by atoms with E-state index in [9.17, 15) is 19.2 Å². The Balaban J connectivity index is 1.08. The number of aromatic nitrogens is 2. The van der Waals surface area contributed by atoms with E-state index in [0.29, 0.717) is 47.2 Å². The Kier molecular flexibility index (Phi) is 12.6. The highest BCUT2D eigenvalue weighted by Gasteiger charge is 2.20. The van der Waals surface area contributed by atoms with Crippen molar-refractivity contribution in [3.8, 4) is 0 Å². The Bertz CT molecular complexity index is 3000. The largest absolute Gasteiger partial charge is 0.341 e. The molecule has 0 aliphatic rings. The minimum atomic E-state index is -0.509. The SMILES string of the molecule is CCn1c2ccc(C(=O)c3ccccc3C)cc2c2cc(/C(CCCC/C(=N\OC(C)=O)c3ccc4c(c3)c3cc(C(=O)c5ccccc5C)ccc3n4CC)=N/CC(C)=O)ccc21. The number of fused-ring (bicyclic) bond motifs is 6. The van der Waals surface area contributed by atoms with Crippen LogP contribution in [-0.4, -0.2) is 50.4 Å². The molecule has 0 aliphatic carbocycles. The van der Waals surface area contributed by atoms with E-state index in [-0.39, 0.29) is 23.9 Å². The maximum Gasteiger partial charge on any atom is 0.331 e. The van der Waals surface area contributed by atoms with Gasteiger partial charge in [0, 0.05) is 97.2 Å². The number of hydrogen-bond acceptors (Lipinski definition) is 7. The van der Waals surface area contributed by atoms with Gasteiger partial charge in [0.1, 0.15) is 0 Å². The molecule has 6 aromatic carbocycles. The molecule has 2 heterocycles. The van der Waals surface area contributed by atoms with Crippen LogP contribution in [0.5, 0.6) is 0 Å². The first-order chi connectivity index (χ1) is 31.0. The Morgan fingerprint density at radius 1 is 0.516 bits per heavy atom. The first-order valence-electron chi connectivity index (χ1n) is 22.1. The van der Waals surface area contributed by atoms with Gasteiger partial charge < -0.3 is 14.0 Å². The highest BCUT2D eigenvalue weighted by Crippen LogP contribution is 2.34. The number of unbranched alkanes of at least 4 members (excludes halogenated alkanes) is 1. The molecule has 64 heavy (non-hydrogen) atoms. The van der Waals surface area contributed by atoms with E-state index < -0.39 is 5.97 Å². The lowest BCUT2D eigenvalue weighted by Crippen LogP contribution is -2.08. The van der Waals surface area contributed by atoms with Crippen molar-refractivity contribution < 1.29 is 24.0 Å². The quantitative estimate of drug-likeness (QED) is 0.0316. The van der Waals surface area contributed by atoms with Gasteiger partial charge in [-0.05, 0) is 138 Å². The average Bonchev–Trinajstić information content (AvgIpc) is 3.79. The fraction of sp³-hybridized carbons (Fsp3) is 0.236. The van der Waals surface area contributed by atoms with Crippen LogP contribution in [0, 0.1) is 13.8 Å². The average molecular weight is 849 g/mol. The Morgan fingerprint density at radius 3 is 1.31 bits per heavy atom. The van der Waals surface area contributed by atoms with Gasteiger partial charge in [0.05, 0.1) is 12.3 Å². The van der Waals surface area contributed by atoms with E-state index in [4.69, 9.17) is 9.83 Å². The van der Waals surface area contributed by atoms with Gasteiger partial charge in [0.2, 0.25) is 0 Å². The van der Waals surface area contributed by atoms with Crippen LogP contribution in [0.1, 0.15) is 107 Å². The normalized spacial score (nSPS) is 12.2. The zero-order chi connectivity index (χ0) is 45.1. The van der Waals surface area contributed by atoms with Crippen LogP contribution in [0.15, 0.2) is 131 Å². The van der Waals surface area contributed by atoms with Crippen molar-refractivity contribution in [3.63, 3.8) is 0 Å². The number of ketones is 3. The highest BCUT2D eigenvalue weighted by atomic mass is 16.7. The third-order valence-corrected chi connectivity index (χ3v) is 12.2. The van der Waals surface area contributed by atoms with E-state index in [1.165, 1.54) is 6.92 Å². The maximum absolute atomic E-state index is 13.7. The Labute approximate surface area is 373 Å². The summed E-state index contributed by atoms with van der Waals surface area (Å²) in [5.41, 5.74) is 11.9. The molecule has 0 spiro atoms. The van der Waals surface area contributed by atoms with Gasteiger partial charge in [-0.1, -0.05) is 65.8 Å². The molecule has 8 rings (SSSR count). The highest BCUT2D eigenvalue weighted by molar-refractivity contribution is 6.18. The number of nitrogens with zero attached hydrogens (tertiary/aromatic N) is 4. The van der Waals surface area contributed by atoms with Gasteiger partial charge in [-0.25, -0.2) is 4.79 Å². The van der Waals surface area contributed by atoms with Gasteiger partial charge in [0.15, 0.2) is 17.3 Å². The van der Waals surface area contributed by atoms with Gasteiger partial charge in [-0.2, -0.15) is 0 Å². The monoisotopic (exact) mass is 848 g/mol. The maximum atomic E-state index is 13.7. The molecule has 2 aromatic heterocycles. The van der Waals surface area contributed by atoms with Gasteiger partial charge >= 0.3 is 5.97 Å². The molecule has 0 N–H and O–H groups in total. The zero-order valence-corrected chi connectivity index (χ0v) is 37.3. The summed E-state index contributed by atoms with van der Waals surface area (Å²) >= 11 is 0. The standard InChI is InChI=1S/C55H52N4O5/c1-7-58-50-25-21-38(29-44(50)46-31-40(23-27-52(46)58)54(62)42-17-11-9-15-34(42)3)48(56-33-36(5)60)19-13-14-20-49(57-64-37(6)61)39-22-26-51-45(30-39)47-32-41(24-28-53(47)59(51)8-2)55(63)43-18-12-10-16-35(43)4/h9-12,15-18,21-32H,7-8,13-14,19-20,33H2,1-6H3/b56-48+,57-49+. The molecule has 0 amide bonds. The van der Waals surface area contributed by atoms with E-state index in [0.717, 1.165) is 91.1 Å². The summed E-state index contributed by atoms with van der Waals surface area (Å²) in [7, 11) is 0. The first-order valence-corrected chi connectivity index (χ1v) is 22.1. The molecule has 322 valence electrons. The number of rotatable bonds is 16. The van der Waals surface area contributed by atoms with Crippen LogP contribution >= 0.6 is 0 Å².